The summed E-state index contributed by atoms with van der Waals surface area (Å²) in [6, 6.07) is 8.31. The van der Waals surface area contributed by atoms with Crippen LogP contribution in [0.15, 0.2) is 41.4 Å². The summed E-state index contributed by atoms with van der Waals surface area (Å²) in [5.74, 6) is -0.200. The predicted octanol–water partition coefficient (Wildman–Crippen LogP) is 2.01. The molecule has 1 unspecified atom stereocenters. The number of benzene rings is 1. The van der Waals surface area contributed by atoms with Gasteiger partial charge in [-0.1, -0.05) is 18.2 Å². The smallest absolute Gasteiger partial charge is 0.243 e. The van der Waals surface area contributed by atoms with Crippen molar-refractivity contribution in [3.05, 3.63) is 47.8 Å². The topological polar surface area (TPSA) is 84.3 Å². The summed E-state index contributed by atoms with van der Waals surface area (Å²) in [7, 11) is -1.62. The van der Waals surface area contributed by atoms with E-state index in [0.29, 0.717) is 30.8 Å². The van der Waals surface area contributed by atoms with Crippen LogP contribution >= 0.6 is 0 Å². The minimum Gasteiger partial charge on any atom is -0.349 e. The van der Waals surface area contributed by atoms with Crippen LogP contribution in [0.2, 0.25) is 0 Å². The molecule has 2 heterocycles. The molecule has 2 aromatic rings. The van der Waals surface area contributed by atoms with E-state index in [9.17, 15) is 13.2 Å². The number of aryl methyl sites for hydroxylation is 1. The maximum Gasteiger partial charge on any atom is 0.243 e. The Morgan fingerprint density at radius 1 is 1.22 bits per heavy atom. The number of hydrogen-bond acceptors (Lipinski definition) is 4. The van der Waals surface area contributed by atoms with Crippen molar-refractivity contribution in [1.82, 2.24) is 19.4 Å². The van der Waals surface area contributed by atoms with E-state index >= 15 is 0 Å². The van der Waals surface area contributed by atoms with Gasteiger partial charge in [-0.3, -0.25) is 9.48 Å². The zero-order chi connectivity index (χ0) is 19.6. The van der Waals surface area contributed by atoms with Crippen molar-refractivity contribution in [2.45, 2.75) is 37.6 Å². The molecule has 1 aliphatic heterocycles. The molecular formula is C19H26N4O3S. The van der Waals surface area contributed by atoms with Crippen molar-refractivity contribution >= 4 is 15.9 Å². The molecule has 146 valence electrons. The molecule has 1 atom stereocenters. The lowest BCUT2D eigenvalue weighted by molar-refractivity contribution is -0.126. The van der Waals surface area contributed by atoms with Crippen molar-refractivity contribution in [3.63, 3.8) is 0 Å². The highest BCUT2D eigenvalue weighted by Gasteiger charge is 2.32. The molecule has 8 heteroatoms. The number of amides is 1. The maximum absolute atomic E-state index is 12.7. The van der Waals surface area contributed by atoms with Crippen LogP contribution in [0.5, 0.6) is 0 Å². The monoisotopic (exact) mass is 390 g/mol. The molecule has 1 amide bonds. The molecule has 0 aliphatic carbocycles. The first kappa shape index (κ1) is 19.6. The fourth-order valence-electron chi connectivity index (χ4n) is 3.45. The highest BCUT2D eigenvalue weighted by molar-refractivity contribution is 7.89. The first-order valence-corrected chi connectivity index (χ1v) is 10.6. The van der Waals surface area contributed by atoms with E-state index in [-0.39, 0.29) is 17.9 Å². The Labute approximate surface area is 160 Å². The van der Waals surface area contributed by atoms with Crippen LogP contribution in [-0.2, 0) is 21.9 Å². The lowest BCUT2D eigenvalue weighted by Crippen LogP contribution is -2.43. The Morgan fingerprint density at radius 2 is 1.85 bits per heavy atom. The third kappa shape index (κ3) is 4.06. The quantitative estimate of drug-likeness (QED) is 0.846. The highest BCUT2D eigenvalue weighted by Crippen LogP contribution is 2.25. The lowest BCUT2D eigenvalue weighted by Gasteiger charge is -2.31. The molecule has 1 aromatic carbocycles. The molecule has 7 nitrogen and oxygen atoms in total. The van der Waals surface area contributed by atoms with E-state index in [1.54, 1.807) is 41.2 Å². The van der Waals surface area contributed by atoms with Crippen LogP contribution in [0, 0.1) is 12.8 Å². The van der Waals surface area contributed by atoms with Crippen molar-refractivity contribution in [2.75, 3.05) is 13.1 Å². The van der Waals surface area contributed by atoms with Gasteiger partial charge >= 0.3 is 0 Å². The van der Waals surface area contributed by atoms with Gasteiger partial charge in [-0.15, -0.1) is 0 Å². The number of sulfonamides is 1. The van der Waals surface area contributed by atoms with E-state index in [1.807, 2.05) is 20.9 Å². The second-order valence-electron chi connectivity index (χ2n) is 7.03. The van der Waals surface area contributed by atoms with Gasteiger partial charge in [-0.05, 0) is 38.8 Å². The first-order valence-electron chi connectivity index (χ1n) is 9.14. The normalized spacial score (nSPS) is 17.6. The summed E-state index contributed by atoms with van der Waals surface area (Å²) in [5, 5.41) is 7.26. The Morgan fingerprint density at radius 3 is 2.41 bits per heavy atom. The molecule has 1 N–H and O–H groups in total. The van der Waals surface area contributed by atoms with Crippen LogP contribution in [0.4, 0.5) is 0 Å². The summed E-state index contributed by atoms with van der Waals surface area (Å²) >= 11 is 0. The first-order chi connectivity index (χ1) is 12.8. The number of carbonyl (C=O) groups is 1. The van der Waals surface area contributed by atoms with Gasteiger partial charge in [0.15, 0.2) is 0 Å². The van der Waals surface area contributed by atoms with Crippen LogP contribution in [0.3, 0.4) is 0 Å². The van der Waals surface area contributed by atoms with Crippen molar-refractivity contribution in [3.8, 4) is 0 Å². The summed E-state index contributed by atoms with van der Waals surface area (Å²) < 4.78 is 28.6. The minimum atomic E-state index is -3.49. The fraction of sp³-hybridized carbons (Fsp3) is 0.474. The number of carbonyl (C=O) groups excluding carboxylic acids is 1. The third-order valence-electron chi connectivity index (χ3n) is 5.30. The number of nitrogens with zero attached hydrogens (tertiary/aromatic N) is 3. The van der Waals surface area contributed by atoms with Crippen LogP contribution in [0.1, 0.15) is 37.1 Å². The zero-order valence-corrected chi connectivity index (χ0v) is 16.7. The average Bonchev–Trinajstić information content (AvgIpc) is 3.01. The highest BCUT2D eigenvalue weighted by atomic mass is 32.2. The molecule has 1 aliphatic rings. The van der Waals surface area contributed by atoms with Crippen molar-refractivity contribution in [2.24, 2.45) is 13.0 Å². The molecular weight excluding hydrogens is 364 g/mol. The molecule has 0 saturated carbocycles. The minimum absolute atomic E-state index is 0.0255. The van der Waals surface area contributed by atoms with Gasteiger partial charge in [-0.2, -0.15) is 9.40 Å². The van der Waals surface area contributed by atoms with Crippen molar-refractivity contribution < 1.29 is 13.2 Å². The summed E-state index contributed by atoms with van der Waals surface area (Å²) in [4.78, 5) is 12.9. The molecule has 0 spiro atoms. The van der Waals surface area contributed by atoms with Gasteiger partial charge in [0.1, 0.15) is 0 Å². The van der Waals surface area contributed by atoms with Gasteiger partial charge in [0.25, 0.3) is 0 Å². The fourth-order valence-corrected chi connectivity index (χ4v) is 4.94. The molecule has 0 bridgehead atoms. The Bertz CT molecular complexity index is 900. The number of aromatic nitrogens is 2. The van der Waals surface area contributed by atoms with Gasteiger partial charge in [0, 0.05) is 37.3 Å². The van der Waals surface area contributed by atoms with Gasteiger partial charge in [0.2, 0.25) is 15.9 Å². The number of rotatable bonds is 5. The van der Waals surface area contributed by atoms with Gasteiger partial charge in [-0.25, -0.2) is 8.42 Å². The molecule has 27 heavy (non-hydrogen) atoms. The van der Waals surface area contributed by atoms with Gasteiger partial charge in [0.05, 0.1) is 17.1 Å². The van der Waals surface area contributed by atoms with Crippen LogP contribution in [-0.4, -0.2) is 41.5 Å². The zero-order valence-electron chi connectivity index (χ0n) is 15.9. The third-order valence-corrected chi connectivity index (χ3v) is 7.22. The molecule has 0 radical (unpaired) electrons. The van der Waals surface area contributed by atoms with E-state index in [1.165, 1.54) is 4.31 Å². The van der Waals surface area contributed by atoms with E-state index in [4.69, 9.17) is 0 Å². The second-order valence-corrected chi connectivity index (χ2v) is 8.97. The van der Waals surface area contributed by atoms with E-state index in [0.717, 1.165) is 11.3 Å². The summed E-state index contributed by atoms with van der Waals surface area (Å²) in [6.45, 7) is 4.63. The van der Waals surface area contributed by atoms with Crippen LogP contribution < -0.4 is 5.32 Å². The summed E-state index contributed by atoms with van der Waals surface area (Å²) in [6.07, 6.45) is 2.82. The Kier molecular flexibility index (Phi) is 5.67. The molecule has 1 aromatic heterocycles. The Hall–Kier alpha value is -2.19. The number of piperidine rings is 1. The molecule has 1 saturated heterocycles. The SMILES string of the molecule is Cc1c(C(C)NC(=O)C2CCN(S(=O)(=O)c3ccccc3)CC2)cnn1C. The number of hydrogen-bond donors (Lipinski definition) is 1. The molecule has 1 fully saturated rings. The van der Waals surface area contributed by atoms with Crippen molar-refractivity contribution in [1.29, 1.82) is 0 Å². The number of nitrogens with one attached hydrogen (secondary N) is 1. The molecule has 3 rings (SSSR count). The average molecular weight is 391 g/mol. The maximum atomic E-state index is 12.7. The standard InChI is InChI=1S/C19H26N4O3S/c1-14(18-13-20-22(3)15(18)2)21-19(24)16-9-11-23(12-10-16)27(25,26)17-7-5-4-6-8-17/h4-8,13-14,16H,9-12H2,1-3H3,(H,21,24). The Balaban J connectivity index is 1.59. The summed E-state index contributed by atoms with van der Waals surface area (Å²) in [5.41, 5.74) is 2.02. The van der Waals surface area contributed by atoms with Crippen LogP contribution in [0.25, 0.3) is 0 Å². The van der Waals surface area contributed by atoms with E-state index in [2.05, 4.69) is 10.4 Å². The van der Waals surface area contributed by atoms with Gasteiger partial charge < -0.3 is 5.32 Å². The largest absolute Gasteiger partial charge is 0.349 e. The van der Waals surface area contributed by atoms with E-state index < -0.39 is 10.0 Å². The lowest BCUT2D eigenvalue weighted by atomic mass is 9.96. The second kappa shape index (κ2) is 7.82. The predicted molar refractivity (Wildman–Crippen MR) is 102 cm³/mol.